The standard InChI is InChI=1S/C21H23N3O3/c1-16-5-3-8-20(17(16)2)22-11-13-23(14-12-22)21(25)10-9-18-6-4-7-19(15-18)24(26)27/h3-10,15H,11-14H2,1-2H3/b10-9+. The Morgan fingerprint density at radius 3 is 2.48 bits per heavy atom. The summed E-state index contributed by atoms with van der Waals surface area (Å²) in [5, 5.41) is 10.8. The minimum Gasteiger partial charge on any atom is -0.368 e. The van der Waals surface area contributed by atoms with Crippen LogP contribution in [0.3, 0.4) is 0 Å². The number of nitro benzene ring substituents is 1. The first-order valence-electron chi connectivity index (χ1n) is 8.98. The van der Waals surface area contributed by atoms with Crippen molar-refractivity contribution in [1.29, 1.82) is 0 Å². The van der Waals surface area contributed by atoms with Crippen molar-refractivity contribution in [1.82, 2.24) is 4.90 Å². The molecule has 6 nitrogen and oxygen atoms in total. The molecule has 0 N–H and O–H groups in total. The zero-order chi connectivity index (χ0) is 19.4. The predicted octanol–water partition coefficient (Wildman–Crippen LogP) is 3.57. The largest absolute Gasteiger partial charge is 0.368 e. The van der Waals surface area contributed by atoms with Gasteiger partial charge in [-0.15, -0.1) is 0 Å². The lowest BCUT2D eigenvalue weighted by Gasteiger charge is -2.36. The number of benzene rings is 2. The molecule has 27 heavy (non-hydrogen) atoms. The van der Waals surface area contributed by atoms with Crippen LogP contribution >= 0.6 is 0 Å². The highest BCUT2D eigenvalue weighted by Gasteiger charge is 2.21. The van der Waals surface area contributed by atoms with E-state index >= 15 is 0 Å². The van der Waals surface area contributed by atoms with Gasteiger partial charge in [-0.2, -0.15) is 0 Å². The van der Waals surface area contributed by atoms with Gasteiger partial charge < -0.3 is 9.80 Å². The fourth-order valence-corrected chi connectivity index (χ4v) is 3.26. The highest BCUT2D eigenvalue weighted by Crippen LogP contribution is 2.24. The lowest BCUT2D eigenvalue weighted by Crippen LogP contribution is -2.48. The number of hydrogen-bond donors (Lipinski definition) is 0. The third kappa shape index (κ3) is 4.34. The van der Waals surface area contributed by atoms with Gasteiger partial charge in [-0.3, -0.25) is 14.9 Å². The molecule has 0 unspecified atom stereocenters. The first kappa shape index (κ1) is 18.6. The lowest BCUT2D eigenvalue weighted by atomic mass is 10.1. The number of rotatable bonds is 4. The van der Waals surface area contributed by atoms with Gasteiger partial charge in [0.05, 0.1) is 4.92 Å². The van der Waals surface area contributed by atoms with Gasteiger partial charge in [0.2, 0.25) is 5.91 Å². The molecule has 2 aromatic carbocycles. The number of anilines is 1. The summed E-state index contributed by atoms with van der Waals surface area (Å²) in [5.41, 5.74) is 4.45. The number of aryl methyl sites for hydroxylation is 1. The van der Waals surface area contributed by atoms with Gasteiger partial charge >= 0.3 is 0 Å². The second-order valence-electron chi connectivity index (χ2n) is 6.72. The SMILES string of the molecule is Cc1cccc(N2CCN(C(=O)/C=C/c3cccc([N+](=O)[O-])c3)CC2)c1C. The molecule has 0 atom stereocenters. The van der Waals surface area contributed by atoms with Gasteiger partial charge in [-0.05, 0) is 42.7 Å². The van der Waals surface area contributed by atoms with Crippen molar-refractivity contribution in [3.05, 3.63) is 75.3 Å². The fraction of sp³-hybridized carbons (Fsp3) is 0.286. The molecule has 0 bridgehead atoms. The van der Waals surface area contributed by atoms with E-state index in [2.05, 4.69) is 36.9 Å². The summed E-state index contributed by atoms with van der Waals surface area (Å²) in [5.74, 6) is -0.0675. The first-order chi connectivity index (χ1) is 13.0. The van der Waals surface area contributed by atoms with E-state index in [1.165, 1.54) is 35.0 Å². The molecule has 3 rings (SSSR count). The Morgan fingerprint density at radius 2 is 1.78 bits per heavy atom. The Hall–Kier alpha value is -3.15. The molecular weight excluding hydrogens is 342 g/mol. The van der Waals surface area contributed by atoms with Gasteiger partial charge in [0.25, 0.3) is 5.69 Å². The number of carbonyl (C=O) groups excluding carboxylic acids is 1. The highest BCUT2D eigenvalue weighted by molar-refractivity contribution is 5.92. The molecule has 140 valence electrons. The van der Waals surface area contributed by atoms with Crippen LogP contribution < -0.4 is 4.90 Å². The van der Waals surface area contributed by atoms with E-state index in [4.69, 9.17) is 0 Å². The van der Waals surface area contributed by atoms with E-state index in [1.54, 1.807) is 18.2 Å². The molecular formula is C21H23N3O3. The quantitative estimate of drug-likeness (QED) is 0.472. The van der Waals surface area contributed by atoms with Crippen LogP contribution in [-0.2, 0) is 4.79 Å². The van der Waals surface area contributed by atoms with E-state index in [0.717, 1.165) is 13.1 Å². The van der Waals surface area contributed by atoms with Crippen LogP contribution in [0.1, 0.15) is 16.7 Å². The van der Waals surface area contributed by atoms with Crippen molar-refractivity contribution in [3.63, 3.8) is 0 Å². The van der Waals surface area contributed by atoms with Crippen molar-refractivity contribution in [2.24, 2.45) is 0 Å². The molecule has 0 aliphatic carbocycles. The first-order valence-corrected chi connectivity index (χ1v) is 8.98. The van der Waals surface area contributed by atoms with Gasteiger partial charge in [0.15, 0.2) is 0 Å². The van der Waals surface area contributed by atoms with E-state index < -0.39 is 4.92 Å². The molecule has 1 heterocycles. The molecule has 0 saturated carbocycles. The van der Waals surface area contributed by atoms with Crippen molar-refractivity contribution in [3.8, 4) is 0 Å². The Morgan fingerprint density at radius 1 is 1.07 bits per heavy atom. The average Bonchev–Trinajstić information content (AvgIpc) is 2.68. The lowest BCUT2D eigenvalue weighted by molar-refractivity contribution is -0.384. The number of nitrogens with zero attached hydrogens (tertiary/aromatic N) is 3. The maximum Gasteiger partial charge on any atom is 0.270 e. The Bertz CT molecular complexity index is 884. The van der Waals surface area contributed by atoms with Crippen molar-refractivity contribution >= 4 is 23.4 Å². The van der Waals surface area contributed by atoms with Crippen LogP contribution in [-0.4, -0.2) is 41.9 Å². The number of non-ortho nitro benzene ring substituents is 1. The van der Waals surface area contributed by atoms with Gasteiger partial charge in [-0.1, -0.05) is 24.3 Å². The van der Waals surface area contributed by atoms with Crippen molar-refractivity contribution in [2.45, 2.75) is 13.8 Å². The van der Waals surface area contributed by atoms with E-state index in [0.29, 0.717) is 18.7 Å². The summed E-state index contributed by atoms with van der Waals surface area (Å²) in [6, 6.07) is 12.6. The molecule has 1 saturated heterocycles. The summed E-state index contributed by atoms with van der Waals surface area (Å²) in [6.45, 7) is 7.14. The summed E-state index contributed by atoms with van der Waals surface area (Å²) >= 11 is 0. The average molecular weight is 365 g/mol. The summed E-state index contributed by atoms with van der Waals surface area (Å²) in [7, 11) is 0. The van der Waals surface area contributed by atoms with E-state index in [-0.39, 0.29) is 11.6 Å². The van der Waals surface area contributed by atoms with Crippen LogP contribution in [0.25, 0.3) is 6.08 Å². The van der Waals surface area contributed by atoms with Crippen LogP contribution in [0, 0.1) is 24.0 Å². The number of nitro groups is 1. The highest BCUT2D eigenvalue weighted by atomic mass is 16.6. The van der Waals surface area contributed by atoms with Crippen molar-refractivity contribution in [2.75, 3.05) is 31.1 Å². The summed E-state index contributed by atoms with van der Waals surface area (Å²) in [6.07, 6.45) is 3.12. The van der Waals surface area contributed by atoms with E-state index in [9.17, 15) is 14.9 Å². The molecule has 1 fully saturated rings. The molecule has 6 heteroatoms. The predicted molar refractivity (Wildman–Crippen MR) is 107 cm³/mol. The monoisotopic (exact) mass is 365 g/mol. The Balaban J connectivity index is 1.61. The molecule has 0 aromatic heterocycles. The van der Waals surface area contributed by atoms with Gasteiger partial charge in [0, 0.05) is 50.1 Å². The number of carbonyl (C=O) groups is 1. The van der Waals surface area contributed by atoms with Gasteiger partial charge in [0.1, 0.15) is 0 Å². The van der Waals surface area contributed by atoms with Crippen LogP contribution in [0.5, 0.6) is 0 Å². The molecule has 0 radical (unpaired) electrons. The molecule has 1 amide bonds. The minimum absolute atomic E-state index is 0.0201. The Kier molecular flexibility index (Phi) is 5.54. The molecule has 1 aliphatic rings. The minimum atomic E-state index is -0.439. The number of hydrogen-bond acceptors (Lipinski definition) is 4. The van der Waals surface area contributed by atoms with Gasteiger partial charge in [-0.25, -0.2) is 0 Å². The maximum atomic E-state index is 12.4. The summed E-state index contributed by atoms with van der Waals surface area (Å²) < 4.78 is 0. The number of piperazine rings is 1. The topological polar surface area (TPSA) is 66.7 Å². The second-order valence-corrected chi connectivity index (χ2v) is 6.72. The fourth-order valence-electron chi connectivity index (χ4n) is 3.26. The van der Waals surface area contributed by atoms with Crippen LogP contribution in [0.2, 0.25) is 0 Å². The molecule has 0 spiro atoms. The van der Waals surface area contributed by atoms with Crippen LogP contribution in [0.4, 0.5) is 11.4 Å². The van der Waals surface area contributed by atoms with Crippen LogP contribution in [0.15, 0.2) is 48.5 Å². The third-order valence-corrected chi connectivity index (χ3v) is 5.01. The zero-order valence-electron chi connectivity index (χ0n) is 15.6. The molecule has 1 aliphatic heterocycles. The third-order valence-electron chi connectivity index (χ3n) is 5.01. The zero-order valence-corrected chi connectivity index (χ0v) is 15.6. The van der Waals surface area contributed by atoms with E-state index in [1.807, 2.05) is 4.90 Å². The maximum absolute atomic E-state index is 12.4. The number of amides is 1. The molecule has 2 aromatic rings. The second kappa shape index (κ2) is 8.03. The summed E-state index contributed by atoms with van der Waals surface area (Å²) in [4.78, 5) is 27.0. The Labute approximate surface area is 158 Å². The normalized spacial score (nSPS) is 14.6. The smallest absolute Gasteiger partial charge is 0.270 e. The van der Waals surface area contributed by atoms with Crippen molar-refractivity contribution < 1.29 is 9.72 Å².